The van der Waals surface area contributed by atoms with Gasteiger partial charge in [0.1, 0.15) is 6.10 Å². The number of rotatable bonds is 6. The molecule has 1 aromatic heterocycles. The molecular formula is C13H17N3O2. The van der Waals surface area contributed by atoms with Gasteiger partial charge in [0.05, 0.1) is 0 Å². The van der Waals surface area contributed by atoms with Crippen LogP contribution in [0, 0.1) is 0 Å². The van der Waals surface area contributed by atoms with Gasteiger partial charge in [0, 0.05) is 6.42 Å². The van der Waals surface area contributed by atoms with Crippen LogP contribution >= 0.6 is 0 Å². The lowest BCUT2D eigenvalue weighted by molar-refractivity contribution is 0.127. The van der Waals surface area contributed by atoms with Gasteiger partial charge in [-0.2, -0.15) is 4.98 Å². The topological polar surface area (TPSA) is 85.2 Å². The van der Waals surface area contributed by atoms with Gasteiger partial charge < -0.3 is 15.4 Å². The van der Waals surface area contributed by atoms with Crippen molar-refractivity contribution in [3.63, 3.8) is 0 Å². The molecule has 18 heavy (non-hydrogen) atoms. The molecule has 0 spiro atoms. The van der Waals surface area contributed by atoms with E-state index in [2.05, 4.69) is 22.3 Å². The van der Waals surface area contributed by atoms with Crippen LogP contribution in [0.4, 0.5) is 0 Å². The number of nitrogens with two attached hydrogens (primary N) is 1. The molecule has 5 nitrogen and oxygen atoms in total. The zero-order chi connectivity index (χ0) is 12.8. The van der Waals surface area contributed by atoms with Gasteiger partial charge in [-0.3, -0.25) is 0 Å². The van der Waals surface area contributed by atoms with Crippen LogP contribution in [0.15, 0.2) is 34.9 Å². The molecule has 96 valence electrons. The van der Waals surface area contributed by atoms with Crippen molar-refractivity contribution < 1.29 is 9.63 Å². The molecule has 0 fully saturated rings. The smallest absolute Gasteiger partial charge is 0.255 e. The highest BCUT2D eigenvalue weighted by atomic mass is 16.5. The molecule has 0 bridgehead atoms. The number of nitrogens with zero attached hydrogens (tertiary/aromatic N) is 2. The third kappa shape index (κ3) is 3.38. The van der Waals surface area contributed by atoms with Crippen molar-refractivity contribution in [1.82, 2.24) is 10.1 Å². The highest BCUT2D eigenvalue weighted by molar-refractivity contribution is 5.15. The molecule has 1 aromatic carbocycles. The van der Waals surface area contributed by atoms with Gasteiger partial charge in [-0.25, -0.2) is 0 Å². The minimum absolute atomic E-state index is 0.253. The van der Waals surface area contributed by atoms with E-state index in [4.69, 9.17) is 10.3 Å². The summed E-state index contributed by atoms with van der Waals surface area (Å²) in [6.45, 7) is 0.392. The monoisotopic (exact) mass is 247 g/mol. The van der Waals surface area contributed by atoms with Crippen LogP contribution in [0.3, 0.4) is 0 Å². The standard InChI is InChI=1S/C13H17N3O2/c14-9-8-11(17)13-15-12(16-18-13)7-6-10-4-2-1-3-5-10/h1-5,11,17H,6-9,14H2/t11-/m0/s1. The molecule has 0 unspecified atom stereocenters. The predicted octanol–water partition coefficient (Wildman–Crippen LogP) is 1.24. The lowest BCUT2D eigenvalue weighted by Crippen LogP contribution is -2.07. The maximum absolute atomic E-state index is 9.64. The van der Waals surface area contributed by atoms with Crippen LogP contribution in [0.5, 0.6) is 0 Å². The van der Waals surface area contributed by atoms with Gasteiger partial charge in [0.25, 0.3) is 5.89 Å². The van der Waals surface area contributed by atoms with Crippen LogP contribution < -0.4 is 5.73 Å². The van der Waals surface area contributed by atoms with Crippen molar-refractivity contribution in [3.05, 3.63) is 47.6 Å². The molecular weight excluding hydrogens is 230 g/mol. The van der Waals surface area contributed by atoms with E-state index in [-0.39, 0.29) is 5.89 Å². The molecule has 0 aliphatic rings. The predicted molar refractivity (Wildman–Crippen MR) is 66.8 cm³/mol. The van der Waals surface area contributed by atoms with Crippen LogP contribution in [-0.2, 0) is 12.8 Å². The minimum atomic E-state index is -0.757. The van der Waals surface area contributed by atoms with Crippen LogP contribution in [0.25, 0.3) is 0 Å². The second-order valence-electron chi connectivity index (χ2n) is 4.13. The molecule has 0 saturated carbocycles. The van der Waals surface area contributed by atoms with Crippen molar-refractivity contribution in [2.75, 3.05) is 6.54 Å². The molecule has 0 radical (unpaired) electrons. The first-order valence-electron chi connectivity index (χ1n) is 6.04. The van der Waals surface area contributed by atoms with E-state index < -0.39 is 6.10 Å². The summed E-state index contributed by atoms with van der Waals surface area (Å²) in [5, 5.41) is 13.5. The zero-order valence-corrected chi connectivity index (χ0v) is 10.1. The molecule has 1 heterocycles. The number of aliphatic hydroxyl groups is 1. The van der Waals surface area contributed by atoms with Gasteiger partial charge in [0.2, 0.25) is 0 Å². The Morgan fingerprint density at radius 1 is 1.22 bits per heavy atom. The second kappa shape index (κ2) is 6.28. The van der Waals surface area contributed by atoms with Crippen molar-refractivity contribution in [2.45, 2.75) is 25.4 Å². The number of hydrogen-bond donors (Lipinski definition) is 2. The van der Waals surface area contributed by atoms with E-state index in [9.17, 15) is 5.11 Å². The Balaban J connectivity index is 1.91. The Kier molecular flexibility index (Phi) is 4.44. The Morgan fingerprint density at radius 2 is 2.00 bits per heavy atom. The lowest BCUT2D eigenvalue weighted by Gasteiger charge is -2.01. The summed E-state index contributed by atoms with van der Waals surface area (Å²) >= 11 is 0. The van der Waals surface area contributed by atoms with E-state index >= 15 is 0 Å². The summed E-state index contributed by atoms with van der Waals surface area (Å²) in [5.74, 6) is 0.869. The molecule has 0 aliphatic carbocycles. The Labute approximate surface area is 106 Å². The zero-order valence-electron chi connectivity index (χ0n) is 10.1. The molecule has 2 rings (SSSR count). The summed E-state index contributed by atoms with van der Waals surface area (Å²) in [4.78, 5) is 4.16. The van der Waals surface area contributed by atoms with Gasteiger partial charge in [-0.15, -0.1) is 0 Å². The van der Waals surface area contributed by atoms with Gasteiger partial charge in [-0.05, 0) is 24.9 Å². The number of aliphatic hydroxyl groups excluding tert-OH is 1. The number of hydrogen-bond acceptors (Lipinski definition) is 5. The maximum atomic E-state index is 9.64. The van der Waals surface area contributed by atoms with E-state index in [0.717, 1.165) is 6.42 Å². The second-order valence-corrected chi connectivity index (χ2v) is 4.13. The quantitative estimate of drug-likeness (QED) is 0.802. The third-order valence-electron chi connectivity index (χ3n) is 2.69. The van der Waals surface area contributed by atoms with E-state index in [1.54, 1.807) is 0 Å². The Bertz CT molecular complexity index is 470. The molecule has 0 aliphatic heterocycles. The average Bonchev–Trinajstić information content (AvgIpc) is 2.87. The largest absolute Gasteiger partial charge is 0.383 e. The first-order chi connectivity index (χ1) is 8.79. The van der Waals surface area contributed by atoms with Crippen molar-refractivity contribution in [3.8, 4) is 0 Å². The van der Waals surface area contributed by atoms with Crippen LogP contribution in [0.1, 0.15) is 29.8 Å². The summed E-state index contributed by atoms with van der Waals surface area (Å²) < 4.78 is 5.00. The van der Waals surface area contributed by atoms with Gasteiger partial charge >= 0.3 is 0 Å². The van der Waals surface area contributed by atoms with Crippen molar-refractivity contribution >= 4 is 0 Å². The Hall–Kier alpha value is -1.72. The SMILES string of the molecule is NCC[C@H](O)c1nc(CCc2ccccc2)no1. The fraction of sp³-hybridized carbons (Fsp3) is 0.385. The van der Waals surface area contributed by atoms with E-state index in [1.165, 1.54) is 5.56 Å². The summed E-state index contributed by atoms with van der Waals surface area (Å²) in [7, 11) is 0. The summed E-state index contributed by atoms with van der Waals surface area (Å²) in [6.07, 6.45) is 1.23. The average molecular weight is 247 g/mol. The highest BCUT2D eigenvalue weighted by Crippen LogP contribution is 2.14. The van der Waals surface area contributed by atoms with Crippen molar-refractivity contribution in [2.24, 2.45) is 5.73 Å². The molecule has 0 saturated heterocycles. The summed E-state index contributed by atoms with van der Waals surface area (Å²) in [5.41, 5.74) is 6.59. The molecule has 2 aromatic rings. The summed E-state index contributed by atoms with van der Waals surface area (Å²) in [6, 6.07) is 10.1. The van der Waals surface area contributed by atoms with E-state index in [1.807, 2.05) is 18.2 Å². The normalized spacial score (nSPS) is 12.6. The number of aromatic nitrogens is 2. The Morgan fingerprint density at radius 3 is 2.72 bits per heavy atom. The number of aryl methyl sites for hydroxylation is 2. The van der Waals surface area contributed by atoms with E-state index in [0.29, 0.717) is 25.2 Å². The molecule has 1 atom stereocenters. The first-order valence-corrected chi connectivity index (χ1v) is 6.04. The number of benzene rings is 1. The van der Waals surface area contributed by atoms with Gasteiger partial charge in [0.15, 0.2) is 5.82 Å². The lowest BCUT2D eigenvalue weighted by atomic mass is 10.1. The molecule has 3 N–H and O–H groups in total. The molecule has 5 heteroatoms. The highest BCUT2D eigenvalue weighted by Gasteiger charge is 2.14. The van der Waals surface area contributed by atoms with Crippen molar-refractivity contribution in [1.29, 1.82) is 0 Å². The fourth-order valence-electron chi connectivity index (χ4n) is 1.69. The first kappa shape index (κ1) is 12.7. The van der Waals surface area contributed by atoms with Crippen LogP contribution in [-0.4, -0.2) is 21.8 Å². The minimum Gasteiger partial charge on any atom is -0.383 e. The third-order valence-corrected chi connectivity index (χ3v) is 2.69. The van der Waals surface area contributed by atoms with Crippen LogP contribution in [0.2, 0.25) is 0 Å². The maximum Gasteiger partial charge on any atom is 0.255 e. The molecule has 0 amide bonds. The van der Waals surface area contributed by atoms with Gasteiger partial charge in [-0.1, -0.05) is 35.5 Å². The fourth-order valence-corrected chi connectivity index (χ4v) is 1.69.